The molecule has 7 heteroatoms. The number of nitroso groups, excluding NO2 is 1. The number of aryl methyl sites for hydroxylation is 1. The van der Waals surface area contributed by atoms with Gasteiger partial charge in [0.05, 0.1) is 5.56 Å². The van der Waals surface area contributed by atoms with Gasteiger partial charge in [0, 0.05) is 12.6 Å². The number of nitrogens with zero attached hydrogens (tertiary/aromatic N) is 1. The first-order valence-corrected chi connectivity index (χ1v) is 5.95. The third-order valence-corrected chi connectivity index (χ3v) is 3.32. The van der Waals surface area contributed by atoms with E-state index in [-0.39, 0.29) is 5.91 Å². The van der Waals surface area contributed by atoms with E-state index in [4.69, 9.17) is 5.73 Å². The van der Waals surface area contributed by atoms with Gasteiger partial charge in [-0.15, -0.1) is 4.91 Å². The molecule has 0 unspecified atom stereocenters. The van der Waals surface area contributed by atoms with Crippen LogP contribution in [0.1, 0.15) is 16.1 Å². The van der Waals surface area contributed by atoms with E-state index >= 15 is 0 Å². The maximum absolute atomic E-state index is 11.9. The fraction of sp³-hybridized carbons (Fsp3) is 0.0909. The Labute approximate surface area is 107 Å². The van der Waals surface area contributed by atoms with Crippen LogP contribution >= 0.6 is 11.3 Å². The Kier molecular flexibility index (Phi) is 3.33. The smallest absolute Gasteiger partial charge is 0.341 e. The lowest BCUT2D eigenvalue weighted by atomic mass is 10.2. The van der Waals surface area contributed by atoms with Gasteiger partial charge in [-0.1, -0.05) is 12.1 Å². The first-order valence-electron chi connectivity index (χ1n) is 5.13. The molecule has 0 bridgehead atoms. The molecule has 0 aliphatic heterocycles. The normalized spacial score (nSPS) is 10.1. The molecule has 4 N–H and O–H groups in total. The molecule has 0 aliphatic rings. The summed E-state index contributed by atoms with van der Waals surface area (Å²) in [5.74, 6) is -0.331. The zero-order chi connectivity index (χ0) is 13.1. The van der Waals surface area contributed by atoms with Gasteiger partial charge in [0.25, 0.3) is 0 Å². The Balaban J connectivity index is 2.21. The lowest BCUT2D eigenvalue weighted by Gasteiger charge is -1.99. The average molecular weight is 263 g/mol. The highest BCUT2D eigenvalue weighted by Crippen LogP contribution is 2.27. The Morgan fingerprint density at radius 3 is 2.78 bits per heavy atom. The van der Waals surface area contributed by atoms with Crippen molar-refractivity contribution in [2.24, 2.45) is 5.18 Å². The summed E-state index contributed by atoms with van der Waals surface area (Å²) in [7, 11) is 0. The highest BCUT2D eigenvalue weighted by Gasteiger charge is 2.19. The average Bonchev–Trinajstić information content (AvgIpc) is 2.69. The van der Waals surface area contributed by atoms with Crippen LogP contribution in [0.2, 0.25) is 0 Å². The van der Waals surface area contributed by atoms with Gasteiger partial charge in [-0.2, -0.15) is 5.32 Å². The summed E-state index contributed by atoms with van der Waals surface area (Å²) in [6, 6.07) is 6.76. The first-order chi connectivity index (χ1) is 8.61. The minimum Gasteiger partial charge on any atom is -0.398 e. The number of nitrogen functional groups attached to an aromatic ring is 1. The number of aromatic nitrogens is 1. The van der Waals surface area contributed by atoms with E-state index in [2.05, 4.69) is 15.5 Å². The van der Waals surface area contributed by atoms with Crippen LogP contribution in [0.4, 0.5) is 15.8 Å². The molecule has 1 aromatic heterocycles. The summed E-state index contributed by atoms with van der Waals surface area (Å²) in [6.07, 6.45) is 0. The van der Waals surface area contributed by atoms with Gasteiger partial charge in [-0.05, 0) is 28.6 Å². The van der Waals surface area contributed by atoms with Crippen molar-refractivity contribution in [2.75, 3.05) is 11.1 Å². The van der Waals surface area contributed by atoms with Gasteiger partial charge >= 0.3 is 11.0 Å². The van der Waals surface area contributed by atoms with Crippen LogP contribution in [0.3, 0.4) is 0 Å². The number of nitrogens with two attached hydrogens (primary N) is 1. The van der Waals surface area contributed by atoms with E-state index in [1.165, 1.54) is 0 Å². The number of amides is 1. The molecule has 0 radical (unpaired) electrons. The van der Waals surface area contributed by atoms with Crippen molar-refractivity contribution in [3.8, 4) is 0 Å². The summed E-state index contributed by atoms with van der Waals surface area (Å²) in [6.45, 7) is 1.71. The lowest BCUT2D eigenvalue weighted by Crippen LogP contribution is -2.18. The van der Waals surface area contributed by atoms with Gasteiger partial charge in [-0.3, -0.25) is 0 Å². The monoisotopic (exact) mass is 263 g/mol. The van der Waals surface area contributed by atoms with E-state index in [0.29, 0.717) is 27.1 Å². The number of carbonyl (C=O) groups is 1. The van der Waals surface area contributed by atoms with E-state index in [0.717, 1.165) is 11.3 Å². The number of anilines is 2. The number of hydrogen-bond donors (Lipinski definition) is 2. The third-order valence-electron chi connectivity index (χ3n) is 2.34. The highest BCUT2D eigenvalue weighted by molar-refractivity contribution is 7.19. The van der Waals surface area contributed by atoms with Crippen LogP contribution in [0, 0.1) is 11.8 Å². The standard InChI is InChI=1S/C11H10N4O2S/c1-6-10(15-17)18-11(13-6)14-9(16)7-4-2-3-5-8(7)12/h2-5H,12H2,1H3,(H,13,14,16)/p+1. The molecule has 2 aromatic rings. The van der Waals surface area contributed by atoms with Crippen LogP contribution in [-0.2, 0) is 0 Å². The summed E-state index contributed by atoms with van der Waals surface area (Å²) in [5.41, 5.74) is 7.10. The van der Waals surface area contributed by atoms with Gasteiger partial charge in [-0.25, -0.2) is 9.78 Å². The summed E-state index contributed by atoms with van der Waals surface area (Å²) < 4.78 is 0. The Morgan fingerprint density at radius 2 is 2.17 bits per heavy atom. The zero-order valence-corrected chi connectivity index (χ0v) is 10.4. The number of H-pyrrole nitrogens is 1. The molecule has 6 nitrogen and oxygen atoms in total. The molecule has 92 valence electrons. The molecule has 0 atom stereocenters. The Morgan fingerprint density at radius 1 is 1.44 bits per heavy atom. The summed E-state index contributed by atoms with van der Waals surface area (Å²) >= 11 is 1.08. The van der Waals surface area contributed by atoms with E-state index in [1.54, 1.807) is 31.2 Å². The van der Waals surface area contributed by atoms with Crippen LogP contribution in [0.25, 0.3) is 0 Å². The number of rotatable bonds is 3. The molecule has 1 aromatic carbocycles. The fourth-order valence-corrected chi connectivity index (χ4v) is 2.22. The van der Waals surface area contributed by atoms with Crippen LogP contribution < -0.4 is 16.0 Å². The van der Waals surface area contributed by atoms with Crippen LogP contribution in [0.15, 0.2) is 29.4 Å². The van der Waals surface area contributed by atoms with Crippen molar-refractivity contribution in [3.63, 3.8) is 0 Å². The van der Waals surface area contributed by atoms with Crippen LogP contribution in [-0.4, -0.2) is 5.91 Å². The minimum absolute atomic E-state index is 0.311. The van der Waals surface area contributed by atoms with Crippen LogP contribution in [0.5, 0.6) is 0 Å². The van der Waals surface area contributed by atoms with Gasteiger partial charge in [0.2, 0.25) is 5.00 Å². The summed E-state index contributed by atoms with van der Waals surface area (Å²) in [5, 5.41) is 6.25. The predicted molar refractivity (Wildman–Crippen MR) is 69.9 cm³/mol. The molecule has 0 saturated heterocycles. The molecule has 2 rings (SSSR count). The van der Waals surface area contributed by atoms with Gasteiger partial charge in [0.1, 0.15) is 5.69 Å². The predicted octanol–water partition coefficient (Wildman–Crippen LogP) is 2.10. The lowest BCUT2D eigenvalue weighted by molar-refractivity contribution is -0.363. The second kappa shape index (κ2) is 4.92. The van der Waals surface area contributed by atoms with Gasteiger partial charge < -0.3 is 5.73 Å². The van der Waals surface area contributed by atoms with Crippen molar-refractivity contribution in [3.05, 3.63) is 40.4 Å². The number of thiazole rings is 1. The molecule has 18 heavy (non-hydrogen) atoms. The number of para-hydroxylation sites is 1. The molecule has 0 spiro atoms. The molecule has 1 amide bonds. The number of carbonyl (C=O) groups excluding carboxylic acids is 1. The maximum atomic E-state index is 11.9. The first kappa shape index (κ1) is 12.2. The molecular formula is C11H11N4O2S+. The van der Waals surface area contributed by atoms with E-state index in [1.807, 2.05) is 0 Å². The minimum atomic E-state index is -0.331. The molecular weight excluding hydrogens is 252 g/mol. The molecule has 0 saturated carbocycles. The van der Waals surface area contributed by atoms with Gasteiger partial charge in [0.15, 0.2) is 0 Å². The number of nitrogens with one attached hydrogen (secondary N) is 2. The topological polar surface area (TPSA) is 98.7 Å². The highest BCUT2D eigenvalue weighted by atomic mass is 32.1. The van der Waals surface area contributed by atoms with Crippen molar-refractivity contribution in [1.29, 1.82) is 0 Å². The largest absolute Gasteiger partial charge is 0.398 e. The van der Waals surface area contributed by atoms with E-state index < -0.39 is 0 Å². The molecule has 0 fully saturated rings. The van der Waals surface area contributed by atoms with Crippen molar-refractivity contribution < 1.29 is 9.78 Å². The Bertz CT molecular complexity index is 609. The van der Waals surface area contributed by atoms with Crippen molar-refractivity contribution in [1.82, 2.24) is 0 Å². The number of benzene rings is 1. The third kappa shape index (κ3) is 2.35. The Hall–Kier alpha value is -2.28. The maximum Gasteiger partial charge on any atom is 0.341 e. The van der Waals surface area contributed by atoms with Crippen molar-refractivity contribution in [2.45, 2.75) is 6.92 Å². The van der Waals surface area contributed by atoms with Crippen molar-refractivity contribution >= 4 is 33.1 Å². The molecule has 0 aliphatic carbocycles. The van der Waals surface area contributed by atoms with E-state index in [9.17, 15) is 9.70 Å². The number of hydrogen-bond acceptors (Lipinski definition) is 5. The second-order valence-corrected chi connectivity index (χ2v) is 4.62. The summed E-state index contributed by atoms with van der Waals surface area (Å²) in [4.78, 5) is 25.3. The fourth-order valence-electron chi connectivity index (χ4n) is 1.44. The quantitative estimate of drug-likeness (QED) is 0.655. The number of aromatic amines is 1. The SMILES string of the molecule is Cc1[nH+]c(NC(=O)c2ccccc2N)sc1N=O. The zero-order valence-electron chi connectivity index (χ0n) is 9.56. The molecule has 1 heterocycles. The second-order valence-electron chi connectivity index (χ2n) is 3.62.